The van der Waals surface area contributed by atoms with Gasteiger partial charge in [-0.15, -0.1) is 11.3 Å². The van der Waals surface area contributed by atoms with Crippen LogP contribution in [0, 0.1) is 0 Å². The van der Waals surface area contributed by atoms with Crippen LogP contribution in [0.25, 0.3) is 80.9 Å². The number of benzene rings is 7. The van der Waals surface area contributed by atoms with Gasteiger partial charge in [-0.2, -0.15) is 0 Å². The van der Waals surface area contributed by atoms with Crippen LogP contribution < -0.4 is 5.73 Å². The molecule has 0 fully saturated rings. The number of allylic oxidation sites excluding steroid dienone is 3. The maximum Gasteiger partial charge on any atom is 0.0562 e. The maximum absolute atomic E-state index is 6.56. The van der Waals surface area contributed by atoms with E-state index >= 15 is 0 Å². The van der Waals surface area contributed by atoms with E-state index in [1.165, 1.54) is 69.3 Å². The molecule has 51 heavy (non-hydrogen) atoms. The minimum absolute atomic E-state index is 0.745. The topological polar surface area (TPSA) is 35.9 Å². The number of aromatic nitrogens is 2. The van der Waals surface area contributed by atoms with Gasteiger partial charge in [0.15, 0.2) is 0 Å². The lowest BCUT2D eigenvalue weighted by atomic mass is 10.1. The molecule has 0 amide bonds. The summed E-state index contributed by atoms with van der Waals surface area (Å²) < 4.78 is 7.50. The zero-order valence-electron chi connectivity index (χ0n) is 27.8. The average Bonchev–Trinajstić information content (AvgIpc) is 3.83. The van der Waals surface area contributed by atoms with Crippen molar-refractivity contribution in [1.29, 1.82) is 0 Å². The van der Waals surface area contributed by atoms with Crippen molar-refractivity contribution in [3.05, 3.63) is 187 Å². The second-order valence-electron chi connectivity index (χ2n) is 13.1. The quantitative estimate of drug-likeness (QED) is 0.176. The van der Waals surface area contributed by atoms with Crippen LogP contribution in [-0.2, 0) is 6.42 Å². The summed E-state index contributed by atoms with van der Waals surface area (Å²) in [6.07, 6.45) is 7.07. The molecule has 2 N–H and O–H groups in total. The second kappa shape index (κ2) is 11.9. The first-order valence-corrected chi connectivity index (χ1v) is 18.2. The molecule has 7 aromatic carbocycles. The molecule has 0 aliphatic rings. The van der Waals surface area contributed by atoms with Gasteiger partial charge in [0.25, 0.3) is 0 Å². The summed E-state index contributed by atoms with van der Waals surface area (Å²) in [4.78, 5) is 0. The number of nitrogens with two attached hydrogens (primary N) is 1. The minimum atomic E-state index is 0.745. The molecule has 0 atom stereocenters. The van der Waals surface area contributed by atoms with Crippen LogP contribution in [0.1, 0.15) is 11.1 Å². The lowest BCUT2D eigenvalue weighted by Gasteiger charge is -2.11. The van der Waals surface area contributed by atoms with Gasteiger partial charge in [0, 0.05) is 58.8 Å². The van der Waals surface area contributed by atoms with Crippen molar-refractivity contribution in [3.8, 4) is 11.4 Å². The molecule has 0 aliphatic carbocycles. The molecule has 3 aromatic heterocycles. The largest absolute Gasteiger partial charge is 0.398 e. The molecule has 10 rings (SSSR count). The lowest BCUT2D eigenvalue weighted by molar-refractivity contribution is 1.16. The van der Waals surface area contributed by atoms with Crippen LogP contribution in [0.4, 0.5) is 0 Å². The van der Waals surface area contributed by atoms with Crippen molar-refractivity contribution < 1.29 is 0 Å². The third kappa shape index (κ3) is 4.79. The lowest BCUT2D eigenvalue weighted by Crippen LogP contribution is -1.98. The van der Waals surface area contributed by atoms with E-state index in [1.54, 1.807) is 0 Å². The Hall–Kier alpha value is -6.36. The Labute approximate surface area is 299 Å². The summed E-state index contributed by atoms with van der Waals surface area (Å²) in [6.45, 7) is 0. The van der Waals surface area contributed by atoms with Gasteiger partial charge in [0.1, 0.15) is 0 Å². The van der Waals surface area contributed by atoms with Gasteiger partial charge in [0.05, 0.1) is 22.1 Å². The Bertz CT molecular complexity index is 2980. The number of rotatable bonds is 6. The molecule has 0 bridgehead atoms. The molecule has 4 heteroatoms. The smallest absolute Gasteiger partial charge is 0.0562 e. The minimum Gasteiger partial charge on any atom is -0.398 e. The number of fused-ring (bicyclic) bond motifs is 10. The molecule has 0 saturated carbocycles. The Balaban J connectivity index is 1.16. The maximum atomic E-state index is 6.56. The van der Waals surface area contributed by atoms with E-state index in [4.69, 9.17) is 5.73 Å². The Morgan fingerprint density at radius 2 is 1.20 bits per heavy atom. The first-order valence-electron chi connectivity index (χ1n) is 17.4. The number of thiophene rings is 1. The summed E-state index contributed by atoms with van der Waals surface area (Å²) in [5.74, 6) is 0. The third-order valence-corrected chi connectivity index (χ3v) is 11.4. The van der Waals surface area contributed by atoms with Crippen molar-refractivity contribution in [2.45, 2.75) is 6.42 Å². The summed E-state index contributed by atoms with van der Waals surface area (Å²) in [5, 5.41) is 7.71. The van der Waals surface area contributed by atoms with Crippen molar-refractivity contribution in [3.63, 3.8) is 0 Å². The number of para-hydroxylation sites is 2. The third-order valence-electron chi connectivity index (χ3n) is 10.1. The van der Waals surface area contributed by atoms with Crippen LogP contribution >= 0.6 is 11.3 Å². The second-order valence-corrected chi connectivity index (χ2v) is 14.2. The van der Waals surface area contributed by atoms with Gasteiger partial charge in [-0.05, 0) is 78.2 Å². The van der Waals surface area contributed by atoms with Gasteiger partial charge in [-0.25, -0.2) is 0 Å². The highest BCUT2D eigenvalue weighted by Crippen LogP contribution is 2.45. The zero-order valence-corrected chi connectivity index (χ0v) is 28.6. The van der Waals surface area contributed by atoms with Crippen LogP contribution in [0.3, 0.4) is 0 Å². The molecule has 3 nitrogen and oxygen atoms in total. The van der Waals surface area contributed by atoms with Crippen molar-refractivity contribution in [2.24, 2.45) is 5.73 Å². The first-order chi connectivity index (χ1) is 25.2. The predicted molar refractivity (Wildman–Crippen MR) is 219 cm³/mol. The van der Waals surface area contributed by atoms with Crippen molar-refractivity contribution in [2.75, 3.05) is 0 Å². The summed E-state index contributed by atoms with van der Waals surface area (Å²) in [5.41, 5.74) is 16.6. The van der Waals surface area contributed by atoms with Gasteiger partial charge < -0.3 is 14.9 Å². The molecule has 0 saturated heterocycles. The van der Waals surface area contributed by atoms with Crippen LogP contribution in [0.5, 0.6) is 0 Å². The monoisotopic (exact) mass is 671 g/mol. The summed E-state index contributed by atoms with van der Waals surface area (Å²) in [7, 11) is 0. The Morgan fingerprint density at radius 1 is 0.529 bits per heavy atom. The number of nitrogens with zero attached hydrogens (tertiary/aromatic N) is 2. The number of hydrogen-bond acceptors (Lipinski definition) is 2. The Kier molecular flexibility index (Phi) is 6.90. The zero-order chi connectivity index (χ0) is 33.9. The van der Waals surface area contributed by atoms with Crippen molar-refractivity contribution >= 4 is 80.8 Å². The predicted octanol–water partition coefficient (Wildman–Crippen LogP) is 12.3. The van der Waals surface area contributed by atoms with Crippen LogP contribution in [0.15, 0.2) is 176 Å². The fourth-order valence-electron chi connectivity index (χ4n) is 7.77. The van der Waals surface area contributed by atoms with Crippen LogP contribution in [0.2, 0.25) is 0 Å². The van der Waals surface area contributed by atoms with E-state index < -0.39 is 0 Å². The highest BCUT2D eigenvalue weighted by Gasteiger charge is 2.21. The van der Waals surface area contributed by atoms with Crippen LogP contribution in [-0.4, -0.2) is 9.13 Å². The molecular weight excluding hydrogens is 639 g/mol. The number of hydrogen-bond donors (Lipinski definition) is 1. The normalized spacial score (nSPS) is 12.5. The van der Waals surface area contributed by atoms with E-state index in [0.29, 0.717) is 0 Å². The molecule has 10 aromatic rings. The van der Waals surface area contributed by atoms with E-state index in [1.807, 2.05) is 29.6 Å². The molecule has 0 aliphatic heterocycles. The van der Waals surface area contributed by atoms with Gasteiger partial charge in [0.2, 0.25) is 0 Å². The van der Waals surface area contributed by atoms with E-state index in [0.717, 1.165) is 29.1 Å². The van der Waals surface area contributed by atoms with E-state index in [9.17, 15) is 0 Å². The fraction of sp³-hybridized carbons (Fsp3) is 0.0213. The molecule has 0 unspecified atom stereocenters. The highest BCUT2D eigenvalue weighted by atomic mass is 32.1. The molecule has 0 spiro atoms. The first kappa shape index (κ1) is 29.5. The van der Waals surface area contributed by atoms with Gasteiger partial charge in [-0.1, -0.05) is 115 Å². The Morgan fingerprint density at radius 3 is 2.02 bits per heavy atom. The highest BCUT2D eigenvalue weighted by molar-refractivity contribution is 7.26. The standard InChI is InChI=1S/C47H33N3S/c48-40(20-10-7-15-31-13-3-1-4-14-31)32-23-25-34(26-24-32)49-41-21-11-8-18-35(41)38-29-39-44(30-43(38)49)50(33-16-5-2-6-17-33)42-28-27-37-36-19-9-12-22-45(36)51-47(37)46(39)42/h1-14,16-30H,15,48H2/b10-7-,40-20-. The molecule has 3 heterocycles. The van der Waals surface area contributed by atoms with Gasteiger partial charge in [-0.3, -0.25) is 0 Å². The van der Waals surface area contributed by atoms with Crippen molar-refractivity contribution in [1.82, 2.24) is 9.13 Å². The van der Waals surface area contributed by atoms with Gasteiger partial charge >= 0.3 is 0 Å². The summed E-state index contributed by atoms with van der Waals surface area (Å²) >= 11 is 1.90. The fourth-order valence-corrected chi connectivity index (χ4v) is 9.03. The van der Waals surface area contributed by atoms with E-state index in [-0.39, 0.29) is 0 Å². The SMILES string of the molecule is N/C(=C\C=C/Cc1ccccc1)c1ccc(-n2c3ccccc3c3cc4c5c6sc7ccccc7c6ccc5n(-c5ccccc5)c4cc32)cc1. The molecule has 242 valence electrons. The molecule has 0 radical (unpaired) electrons. The summed E-state index contributed by atoms with van der Waals surface area (Å²) in [6, 6.07) is 56.9. The van der Waals surface area contributed by atoms with E-state index in [2.05, 4.69) is 167 Å². The average molecular weight is 672 g/mol. The molecular formula is C47H33N3S.